The van der Waals surface area contributed by atoms with E-state index in [0.717, 1.165) is 18.4 Å². The Bertz CT molecular complexity index is 1090. The van der Waals surface area contributed by atoms with Crippen molar-refractivity contribution in [1.29, 1.82) is 0 Å². The molecule has 0 heterocycles. The summed E-state index contributed by atoms with van der Waals surface area (Å²) in [4.78, 5) is 36.8. The van der Waals surface area contributed by atoms with Gasteiger partial charge >= 0.3 is 5.97 Å². The van der Waals surface area contributed by atoms with Gasteiger partial charge in [-0.1, -0.05) is 6.07 Å². The molecule has 0 saturated carbocycles. The van der Waals surface area contributed by atoms with Crippen molar-refractivity contribution in [3.63, 3.8) is 0 Å². The predicted molar refractivity (Wildman–Crippen MR) is 110 cm³/mol. The van der Waals surface area contributed by atoms with Crippen molar-refractivity contribution in [2.24, 2.45) is 5.14 Å². The molecule has 0 fully saturated rings. The van der Waals surface area contributed by atoms with Crippen molar-refractivity contribution in [3.05, 3.63) is 59.2 Å². The first-order chi connectivity index (χ1) is 14.1. The van der Waals surface area contributed by atoms with Crippen LogP contribution in [0, 0.1) is 0 Å². The summed E-state index contributed by atoms with van der Waals surface area (Å²) in [5, 5.41) is 7.58. The average Bonchev–Trinajstić information content (AvgIpc) is 2.88. The van der Waals surface area contributed by atoms with Gasteiger partial charge in [0.2, 0.25) is 10.0 Å². The van der Waals surface area contributed by atoms with Crippen LogP contribution in [0.4, 0.5) is 5.69 Å². The third-order valence-corrected chi connectivity index (χ3v) is 5.77. The molecule has 9 heteroatoms. The zero-order valence-electron chi connectivity index (χ0n) is 16.4. The van der Waals surface area contributed by atoms with Crippen LogP contribution in [0.1, 0.15) is 52.5 Å². The molecule has 1 aliphatic carbocycles. The molecular formula is C21H22N2O6S. The Morgan fingerprint density at radius 3 is 2.40 bits per heavy atom. The van der Waals surface area contributed by atoms with Crippen molar-refractivity contribution in [3.8, 4) is 0 Å². The molecule has 1 amide bonds. The Morgan fingerprint density at radius 1 is 1.07 bits per heavy atom. The average molecular weight is 430 g/mol. The molecule has 1 aliphatic rings. The molecule has 8 nitrogen and oxygen atoms in total. The van der Waals surface area contributed by atoms with Gasteiger partial charge in [0.05, 0.1) is 10.5 Å². The van der Waals surface area contributed by atoms with Crippen molar-refractivity contribution in [2.75, 3.05) is 5.32 Å². The number of ketones is 1. The lowest BCUT2D eigenvalue weighted by Crippen LogP contribution is -2.30. The van der Waals surface area contributed by atoms with Crippen molar-refractivity contribution in [1.82, 2.24) is 0 Å². The fraction of sp³-hybridized carbons (Fsp3) is 0.286. The predicted octanol–water partition coefficient (Wildman–Crippen LogP) is 2.43. The number of fused-ring (bicyclic) bond motifs is 1. The number of ether oxygens (including phenoxy) is 1. The molecule has 0 saturated heterocycles. The van der Waals surface area contributed by atoms with Crippen LogP contribution in [0.2, 0.25) is 0 Å². The van der Waals surface area contributed by atoms with Gasteiger partial charge in [-0.25, -0.2) is 18.4 Å². The second-order valence-corrected chi connectivity index (χ2v) is 8.67. The Hall–Kier alpha value is -3.04. The van der Waals surface area contributed by atoms with Crippen molar-refractivity contribution < 1.29 is 27.5 Å². The zero-order chi connectivity index (χ0) is 21.9. The summed E-state index contributed by atoms with van der Waals surface area (Å²) in [6.07, 6.45) is 1.83. The van der Waals surface area contributed by atoms with Crippen LogP contribution < -0.4 is 10.5 Å². The second-order valence-electron chi connectivity index (χ2n) is 7.11. The van der Waals surface area contributed by atoms with E-state index in [4.69, 9.17) is 9.88 Å². The van der Waals surface area contributed by atoms with Crippen molar-refractivity contribution >= 4 is 33.4 Å². The van der Waals surface area contributed by atoms with Crippen LogP contribution in [0.25, 0.3) is 0 Å². The first-order valence-corrected chi connectivity index (χ1v) is 11.0. The molecule has 0 aliphatic heterocycles. The highest BCUT2D eigenvalue weighted by Gasteiger charge is 2.22. The van der Waals surface area contributed by atoms with Gasteiger partial charge in [0.15, 0.2) is 11.9 Å². The summed E-state index contributed by atoms with van der Waals surface area (Å²) in [5.74, 6) is -1.16. The van der Waals surface area contributed by atoms with Crippen LogP contribution in [0.5, 0.6) is 0 Å². The third kappa shape index (κ3) is 5.11. The van der Waals surface area contributed by atoms with Crippen molar-refractivity contribution in [2.45, 2.75) is 43.6 Å². The lowest BCUT2D eigenvalue weighted by Gasteiger charge is -2.14. The summed E-state index contributed by atoms with van der Waals surface area (Å²) < 4.78 is 27.8. The number of primary sulfonamides is 1. The van der Waals surface area contributed by atoms with Gasteiger partial charge in [0, 0.05) is 17.7 Å². The fourth-order valence-electron chi connectivity index (χ4n) is 3.19. The molecule has 3 rings (SSSR count). The molecule has 2 aromatic rings. The number of nitrogens with one attached hydrogen (secondary N) is 1. The van der Waals surface area contributed by atoms with E-state index < -0.39 is 28.0 Å². The first-order valence-electron chi connectivity index (χ1n) is 9.46. The fourth-order valence-corrected chi connectivity index (χ4v) is 3.70. The molecule has 0 aromatic heterocycles. The number of benzene rings is 2. The minimum atomic E-state index is -3.83. The minimum absolute atomic E-state index is 0.0728. The topological polar surface area (TPSA) is 133 Å². The molecular weight excluding hydrogens is 408 g/mol. The number of carbonyl (C=O) groups excluding carboxylic acids is 3. The quantitative estimate of drug-likeness (QED) is 0.553. The number of anilines is 1. The number of hydrogen-bond acceptors (Lipinski definition) is 6. The van der Waals surface area contributed by atoms with E-state index in [2.05, 4.69) is 5.32 Å². The van der Waals surface area contributed by atoms with E-state index >= 15 is 0 Å². The SMILES string of the molecule is CC(OC(=O)c1ccc2c(c1)CCCCC2=O)C(=O)Nc1ccc(S(N)(=O)=O)cc1. The molecule has 0 bridgehead atoms. The van der Waals surface area contributed by atoms with E-state index in [1.54, 1.807) is 12.1 Å². The van der Waals surface area contributed by atoms with E-state index in [0.29, 0.717) is 24.1 Å². The number of nitrogens with two attached hydrogens (primary N) is 1. The zero-order valence-corrected chi connectivity index (χ0v) is 17.2. The van der Waals surface area contributed by atoms with Gasteiger partial charge in [-0.3, -0.25) is 9.59 Å². The Morgan fingerprint density at radius 2 is 1.73 bits per heavy atom. The Kier molecular flexibility index (Phi) is 6.33. The summed E-state index contributed by atoms with van der Waals surface area (Å²) in [5.41, 5.74) is 2.07. The summed E-state index contributed by atoms with van der Waals surface area (Å²) in [6, 6.07) is 10.1. The number of rotatable bonds is 5. The van der Waals surface area contributed by atoms with Gasteiger partial charge < -0.3 is 10.1 Å². The molecule has 158 valence electrons. The van der Waals surface area contributed by atoms with Crippen LogP contribution in [0.15, 0.2) is 47.4 Å². The summed E-state index contributed by atoms with van der Waals surface area (Å²) in [6.45, 7) is 1.43. The highest BCUT2D eigenvalue weighted by atomic mass is 32.2. The normalized spacial score (nSPS) is 14.9. The number of carbonyl (C=O) groups is 3. The number of aryl methyl sites for hydroxylation is 1. The third-order valence-electron chi connectivity index (χ3n) is 4.84. The number of sulfonamides is 1. The summed E-state index contributed by atoms with van der Waals surface area (Å²) in [7, 11) is -3.83. The number of Topliss-reactive ketones (excluding diaryl/α,β-unsaturated/α-hetero) is 1. The smallest absolute Gasteiger partial charge is 0.338 e. The maximum absolute atomic E-state index is 12.5. The highest BCUT2D eigenvalue weighted by molar-refractivity contribution is 7.89. The molecule has 2 aromatic carbocycles. The van der Waals surface area contributed by atoms with Gasteiger partial charge in [-0.15, -0.1) is 0 Å². The van der Waals surface area contributed by atoms with Crippen LogP contribution in [0.3, 0.4) is 0 Å². The number of amides is 1. The first kappa shape index (κ1) is 21.7. The van der Waals surface area contributed by atoms with E-state index in [1.165, 1.54) is 37.3 Å². The second kappa shape index (κ2) is 8.76. The minimum Gasteiger partial charge on any atom is -0.449 e. The molecule has 1 atom stereocenters. The van der Waals surface area contributed by atoms with Crippen LogP contribution in [-0.2, 0) is 26.0 Å². The molecule has 3 N–H and O–H groups in total. The number of hydrogen-bond donors (Lipinski definition) is 2. The molecule has 0 spiro atoms. The Balaban J connectivity index is 1.64. The molecule has 1 unspecified atom stereocenters. The lowest BCUT2D eigenvalue weighted by molar-refractivity contribution is -0.123. The number of esters is 1. The van der Waals surface area contributed by atoms with Crippen LogP contribution >= 0.6 is 0 Å². The monoisotopic (exact) mass is 430 g/mol. The van der Waals surface area contributed by atoms with E-state index in [1.807, 2.05) is 0 Å². The summed E-state index contributed by atoms with van der Waals surface area (Å²) >= 11 is 0. The van der Waals surface area contributed by atoms with Gasteiger partial charge in [-0.2, -0.15) is 0 Å². The van der Waals surface area contributed by atoms with Gasteiger partial charge in [0.1, 0.15) is 0 Å². The maximum Gasteiger partial charge on any atom is 0.338 e. The molecule has 0 radical (unpaired) electrons. The molecule has 30 heavy (non-hydrogen) atoms. The van der Waals surface area contributed by atoms with E-state index in [9.17, 15) is 22.8 Å². The standard InChI is InChI=1S/C21H22N2O6S/c1-13(20(25)23-16-7-9-17(10-8-16)30(22,27)28)29-21(26)15-6-11-18-14(12-15)4-2-3-5-19(18)24/h6-13H,2-5H2,1H3,(H,23,25)(H2,22,27,28). The van der Waals surface area contributed by atoms with Gasteiger partial charge in [0.25, 0.3) is 5.91 Å². The maximum atomic E-state index is 12.5. The van der Waals surface area contributed by atoms with Crippen LogP contribution in [-0.4, -0.2) is 32.2 Å². The Labute approximate surface area is 174 Å². The largest absolute Gasteiger partial charge is 0.449 e. The highest BCUT2D eigenvalue weighted by Crippen LogP contribution is 2.22. The van der Waals surface area contributed by atoms with E-state index in [-0.39, 0.29) is 16.2 Å². The lowest BCUT2D eigenvalue weighted by atomic mass is 9.99. The van der Waals surface area contributed by atoms with Gasteiger partial charge in [-0.05, 0) is 68.1 Å².